The molecule has 3 atom stereocenters. The largest absolute Gasteiger partial charge is 0.494 e. The van der Waals surface area contributed by atoms with E-state index in [0.29, 0.717) is 47.8 Å². The summed E-state index contributed by atoms with van der Waals surface area (Å²) in [6.45, 7) is 2.10. The normalized spacial score (nSPS) is 19.9. The molecule has 286 valence electrons. The number of likely N-dealkylation sites (tertiary alicyclic amines) is 1. The van der Waals surface area contributed by atoms with Gasteiger partial charge in [-0.3, -0.25) is 19.7 Å². The van der Waals surface area contributed by atoms with E-state index in [1.165, 1.54) is 22.3 Å². The van der Waals surface area contributed by atoms with Crippen molar-refractivity contribution in [3.63, 3.8) is 0 Å². The number of amides is 3. The Kier molecular flexibility index (Phi) is 12.3. The fourth-order valence-electron chi connectivity index (χ4n) is 8.65. The zero-order valence-corrected chi connectivity index (χ0v) is 31.7. The second-order valence-corrected chi connectivity index (χ2v) is 15.1. The van der Waals surface area contributed by atoms with E-state index in [4.69, 9.17) is 14.9 Å². The molecule has 3 unspecified atom stereocenters. The number of carbonyl (C=O) groups excluding carboxylic acids is 3. The van der Waals surface area contributed by atoms with Crippen molar-refractivity contribution in [2.45, 2.75) is 69.6 Å². The minimum Gasteiger partial charge on any atom is -0.494 e. The van der Waals surface area contributed by atoms with E-state index in [2.05, 4.69) is 89.5 Å². The van der Waals surface area contributed by atoms with Crippen LogP contribution in [-0.2, 0) is 20.8 Å². The van der Waals surface area contributed by atoms with Gasteiger partial charge in [-0.15, -0.1) is 0 Å². The number of benzene rings is 4. The fourth-order valence-corrected chi connectivity index (χ4v) is 8.65. The molecule has 55 heavy (non-hydrogen) atoms. The predicted octanol–water partition coefficient (Wildman–Crippen LogP) is 7.88. The number of hydrogen-bond donors (Lipinski definition) is 3. The van der Waals surface area contributed by atoms with Gasteiger partial charge in [0, 0.05) is 49.8 Å². The Morgan fingerprint density at radius 1 is 0.818 bits per heavy atom. The quantitative estimate of drug-likeness (QED) is 0.0688. The SMILES string of the molecule is CNc1cc(OCC(=O)N2CCC(CCCCOc3ccc(C4c5ccccc5CCC4c4ccccc4)cc3)CC2)ccc1C(=N)C1CCC(=O)NC1=O. The Labute approximate surface area is 324 Å². The first kappa shape index (κ1) is 37.9. The zero-order valence-electron chi connectivity index (χ0n) is 31.7. The maximum absolute atomic E-state index is 13.0. The average Bonchev–Trinajstić information content (AvgIpc) is 3.22. The highest BCUT2D eigenvalue weighted by Crippen LogP contribution is 2.46. The number of aryl methyl sites for hydroxylation is 1. The number of carbonyl (C=O) groups is 3. The van der Waals surface area contributed by atoms with Crippen LogP contribution in [0.3, 0.4) is 0 Å². The molecule has 0 radical (unpaired) electrons. The van der Waals surface area contributed by atoms with Crippen LogP contribution in [0.4, 0.5) is 5.69 Å². The van der Waals surface area contributed by atoms with Crippen LogP contribution in [0.25, 0.3) is 0 Å². The first-order valence-electron chi connectivity index (χ1n) is 19.9. The van der Waals surface area contributed by atoms with Crippen molar-refractivity contribution in [3.05, 3.63) is 125 Å². The Morgan fingerprint density at radius 2 is 1.56 bits per heavy atom. The van der Waals surface area contributed by atoms with E-state index in [1.54, 1.807) is 25.2 Å². The second kappa shape index (κ2) is 17.8. The minimum atomic E-state index is -0.683. The van der Waals surface area contributed by atoms with Crippen LogP contribution in [0.5, 0.6) is 11.5 Å². The molecule has 3 amide bonds. The third-order valence-corrected chi connectivity index (χ3v) is 11.7. The molecule has 0 aromatic heterocycles. The van der Waals surface area contributed by atoms with Crippen LogP contribution < -0.4 is 20.1 Å². The van der Waals surface area contributed by atoms with Gasteiger partial charge in [0.2, 0.25) is 11.8 Å². The van der Waals surface area contributed by atoms with Crippen molar-refractivity contribution in [3.8, 4) is 11.5 Å². The van der Waals surface area contributed by atoms with Gasteiger partial charge in [-0.05, 0) is 103 Å². The number of anilines is 1. The molecule has 2 fully saturated rings. The van der Waals surface area contributed by atoms with Crippen LogP contribution in [0.1, 0.15) is 91.0 Å². The number of ether oxygens (including phenoxy) is 2. The van der Waals surface area contributed by atoms with Gasteiger partial charge in [-0.25, -0.2) is 0 Å². The van der Waals surface area contributed by atoms with Gasteiger partial charge in [0.1, 0.15) is 11.5 Å². The molecule has 9 heteroatoms. The smallest absolute Gasteiger partial charge is 0.260 e. The highest BCUT2D eigenvalue weighted by molar-refractivity contribution is 6.17. The molecule has 2 saturated heterocycles. The summed E-state index contributed by atoms with van der Waals surface area (Å²) in [4.78, 5) is 38.8. The summed E-state index contributed by atoms with van der Waals surface area (Å²) >= 11 is 0. The van der Waals surface area contributed by atoms with E-state index in [1.807, 2.05) is 4.90 Å². The number of hydrogen-bond acceptors (Lipinski definition) is 7. The Balaban J connectivity index is 0.820. The maximum atomic E-state index is 13.0. The molecule has 2 aliphatic heterocycles. The van der Waals surface area contributed by atoms with Gasteiger partial charge in [-0.1, -0.05) is 73.2 Å². The third-order valence-electron chi connectivity index (χ3n) is 11.7. The van der Waals surface area contributed by atoms with Gasteiger partial charge >= 0.3 is 0 Å². The van der Waals surface area contributed by atoms with Crippen molar-refractivity contribution >= 4 is 29.1 Å². The first-order chi connectivity index (χ1) is 26.9. The highest BCUT2D eigenvalue weighted by Gasteiger charge is 2.33. The van der Waals surface area contributed by atoms with Gasteiger partial charge in [0.25, 0.3) is 5.91 Å². The van der Waals surface area contributed by atoms with E-state index in [-0.39, 0.29) is 30.6 Å². The Hall–Kier alpha value is -5.44. The van der Waals surface area contributed by atoms with Crippen molar-refractivity contribution in [1.82, 2.24) is 10.2 Å². The number of unbranched alkanes of at least 4 members (excludes halogenated alkanes) is 1. The Morgan fingerprint density at radius 3 is 2.33 bits per heavy atom. The highest BCUT2D eigenvalue weighted by atomic mass is 16.5. The second-order valence-electron chi connectivity index (χ2n) is 15.1. The molecule has 0 saturated carbocycles. The van der Waals surface area contributed by atoms with Gasteiger partial charge in [-0.2, -0.15) is 0 Å². The lowest BCUT2D eigenvalue weighted by molar-refractivity contribution is -0.135. The summed E-state index contributed by atoms with van der Waals surface area (Å²) in [6.07, 6.45) is 8.00. The molecule has 4 aromatic carbocycles. The standard InChI is InChI=1S/C46H52N4O5/c1-48-41-29-36(19-21-39(41)45(47)40-22-23-42(51)49-46(40)53)55-30-43(52)50-26-24-31(25-27-50)9-7-8-28-54-35-17-14-34(15-18-35)44-37-13-6-5-12-33(37)16-20-38(44)32-10-3-2-4-11-32/h2-6,10-15,17-19,21,29,31,38,40,44,47-48H,7-9,16,20,22-28,30H2,1H3,(H,49,51,53). The lowest BCUT2D eigenvalue weighted by atomic mass is 9.69. The lowest BCUT2D eigenvalue weighted by Crippen LogP contribution is -2.44. The number of imide groups is 1. The van der Waals surface area contributed by atoms with Crippen molar-refractivity contribution in [2.75, 3.05) is 38.7 Å². The number of rotatable bonds is 14. The van der Waals surface area contributed by atoms with E-state index in [0.717, 1.165) is 63.8 Å². The Bertz CT molecular complexity index is 1970. The van der Waals surface area contributed by atoms with Crippen LogP contribution in [-0.4, -0.2) is 61.7 Å². The molecule has 9 nitrogen and oxygen atoms in total. The molecule has 3 N–H and O–H groups in total. The molecular weight excluding hydrogens is 689 g/mol. The molecule has 0 bridgehead atoms. The molecule has 0 spiro atoms. The van der Waals surface area contributed by atoms with Crippen LogP contribution in [0, 0.1) is 17.2 Å². The summed E-state index contributed by atoms with van der Waals surface area (Å²) < 4.78 is 12.1. The van der Waals surface area contributed by atoms with Crippen LogP contribution in [0.15, 0.2) is 97.1 Å². The number of nitrogens with zero attached hydrogens (tertiary/aromatic N) is 1. The van der Waals surface area contributed by atoms with Crippen molar-refractivity contribution < 1.29 is 23.9 Å². The lowest BCUT2D eigenvalue weighted by Gasteiger charge is -2.34. The van der Waals surface area contributed by atoms with Gasteiger partial charge in [0.15, 0.2) is 6.61 Å². The van der Waals surface area contributed by atoms with E-state index in [9.17, 15) is 14.4 Å². The summed E-state index contributed by atoms with van der Waals surface area (Å²) in [6, 6.07) is 33.8. The van der Waals surface area contributed by atoms with Crippen LogP contribution >= 0.6 is 0 Å². The first-order valence-corrected chi connectivity index (χ1v) is 19.9. The van der Waals surface area contributed by atoms with Gasteiger partial charge in [0.05, 0.1) is 18.2 Å². The van der Waals surface area contributed by atoms with Gasteiger partial charge < -0.3 is 25.1 Å². The molecule has 2 heterocycles. The zero-order chi connectivity index (χ0) is 38.1. The summed E-state index contributed by atoms with van der Waals surface area (Å²) in [5, 5.41) is 14.0. The molecule has 4 aromatic rings. The molecule has 1 aliphatic carbocycles. The van der Waals surface area contributed by atoms with E-state index < -0.39 is 11.8 Å². The fraction of sp³-hybridized carbons (Fsp3) is 0.391. The molecule has 3 aliphatic rings. The van der Waals surface area contributed by atoms with Crippen molar-refractivity contribution in [2.24, 2.45) is 11.8 Å². The average molecular weight is 741 g/mol. The molecular formula is C46H52N4O5. The molecule has 7 rings (SSSR count). The summed E-state index contributed by atoms with van der Waals surface area (Å²) in [5.74, 6) is 1.35. The number of fused-ring (bicyclic) bond motifs is 1. The summed E-state index contributed by atoms with van der Waals surface area (Å²) in [5.41, 5.74) is 7.00. The summed E-state index contributed by atoms with van der Waals surface area (Å²) in [7, 11) is 1.74. The predicted molar refractivity (Wildman–Crippen MR) is 215 cm³/mol. The van der Waals surface area contributed by atoms with E-state index >= 15 is 0 Å². The maximum Gasteiger partial charge on any atom is 0.260 e. The third kappa shape index (κ3) is 9.10. The van der Waals surface area contributed by atoms with Crippen LogP contribution in [0.2, 0.25) is 0 Å². The van der Waals surface area contributed by atoms with Crippen molar-refractivity contribution in [1.29, 1.82) is 5.41 Å². The topological polar surface area (TPSA) is 121 Å². The number of piperidine rings is 2. The minimum absolute atomic E-state index is 0.0347. The monoisotopic (exact) mass is 740 g/mol. The number of nitrogens with one attached hydrogen (secondary N) is 3.